The van der Waals surface area contributed by atoms with E-state index in [2.05, 4.69) is 27.0 Å². The fourth-order valence-corrected chi connectivity index (χ4v) is 4.02. The highest BCUT2D eigenvalue weighted by atomic mass is 35.5. The Labute approximate surface area is 173 Å². The van der Waals surface area contributed by atoms with Gasteiger partial charge in [0, 0.05) is 48.2 Å². The van der Waals surface area contributed by atoms with Gasteiger partial charge < -0.3 is 4.98 Å². The number of benzene rings is 2. The number of hydrogen-bond acceptors (Lipinski definition) is 4. The third-order valence-electron chi connectivity index (χ3n) is 5.40. The summed E-state index contributed by atoms with van der Waals surface area (Å²) in [5.41, 5.74) is 4.65. The first-order valence-electron chi connectivity index (χ1n) is 9.60. The van der Waals surface area contributed by atoms with Crippen molar-refractivity contribution in [1.82, 2.24) is 19.9 Å². The van der Waals surface area contributed by atoms with Gasteiger partial charge >= 0.3 is 0 Å². The van der Waals surface area contributed by atoms with Gasteiger partial charge in [-0.2, -0.15) is 0 Å². The lowest BCUT2D eigenvalue weighted by atomic mass is 10.0. The van der Waals surface area contributed by atoms with Crippen LogP contribution in [0.1, 0.15) is 16.8 Å². The zero-order valence-electron chi connectivity index (χ0n) is 15.7. The number of nitrogens with one attached hydrogen (secondary N) is 1. The van der Waals surface area contributed by atoms with Gasteiger partial charge in [-0.1, -0.05) is 29.8 Å². The highest BCUT2D eigenvalue weighted by molar-refractivity contribution is 6.30. The Morgan fingerprint density at radius 3 is 2.76 bits per heavy atom. The first-order chi connectivity index (χ1) is 14.2. The fourth-order valence-electron chi connectivity index (χ4n) is 3.89. The van der Waals surface area contributed by atoms with Gasteiger partial charge in [0.2, 0.25) is 0 Å². The minimum absolute atomic E-state index is 0.0655. The Kier molecular flexibility index (Phi) is 4.62. The second kappa shape index (κ2) is 7.43. The molecule has 2 aromatic heterocycles. The van der Waals surface area contributed by atoms with E-state index in [1.165, 1.54) is 5.56 Å². The van der Waals surface area contributed by atoms with Crippen LogP contribution in [0.4, 0.5) is 0 Å². The van der Waals surface area contributed by atoms with E-state index < -0.39 is 0 Å². The number of aromatic nitrogens is 3. The smallest absolute Gasteiger partial charge is 0.255 e. The molecule has 1 N–H and O–H groups in total. The summed E-state index contributed by atoms with van der Waals surface area (Å²) < 4.78 is 0. The molecule has 0 spiro atoms. The Hall–Kier alpha value is -3.02. The summed E-state index contributed by atoms with van der Waals surface area (Å²) in [5, 5.41) is 1.82. The van der Waals surface area contributed by atoms with E-state index in [0.717, 1.165) is 47.2 Å². The number of pyridine rings is 1. The van der Waals surface area contributed by atoms with Gasteiger partial charge in [-0.05, 0) is 42.0 Å². The van der Waals surface area contributed by atoms with Crippen LogP contribution in [0, 0.1) is 0 Å². The number of aromatic amines is 1. The quantitative estimate of drug-likeness (QED) is 0.558. The van der Waals surface area contributed by atoms with Crippen molar-refractivity contribution in [3.8, 4) is 11.4 Å². The van der Waals surface area contributed by atoms with E-state index in [1.807, 2.05) is 36.5 Å². The molecule has 29 heavy (non-hydrogen) atoms. The molecule has 5 rings (SSSR count). The van der Waals surface area contributed by atoms with Crippen LogP contribution in [0.3, 0.4) is 0 Å². The number of fused-ring (bicyclic) bond motifs is 2. The molecule has 0 saturated carbocycles. The van der Waals surface area contributed by atoms with Crippen molar-refractivity contribution < 1.29 is 0 Å². The molecule has 0 radical (unpaired) electrons. The molecule has 0 bridgehead atoms. The average Bonchev–Trinajstić information content (AvgIpc) is 2.75. The van der Waals surface area contributed by atoms with Crippen LogP contribution < -0.4 is 5.56 Å². The molecule has 0 aliphatic carbocycles. The minimum atomic E-state index is -0.0655. The topological polar surface area (TPSA) is 61.9 Å². The van der Waals surface area contributed by atoms with Gasteiger partial charge in [0.15, 0.2) is 0 Å². The lowest BCUT2D eigenvalue weighted by molar-refractivity contribution is 0.242. The van der Waals surface area contributed by atoms with Crippen LogP contribution in [0.5, 0.6) is 0 Å². The van der Waals surface area contributed by atoms with Crippen molar-refractivity contribution >= 4 is 22.5 Å². The molecule has 0 unspecified atom stereocenters. The highest BCUT2D eigenvalue weighted by Gasteiger charge is 2.22. The summed E-state index contributed by atoms with van der Waals surface area (Å²) in [5.74, 6) is 0.596. The zero-order chi connectivity index (χ0) is 19.8. The summed E-state index contributed by atoms with van der Waals surface area (Å²) in [4.78, 5) is 27.2. The van der Waals surface area contributed by atoms with E-state index >= 15 is 0 Å². The maximum Gasteiger partial charge on any atom is 0.255 e. The molecule has 0 amide bonds. The number of para-hydroxylation sites is 1. The van der Waals surface area contributed by atoms with Crippen LogP contribution in [-0.2, 0) is 19.5 Å². The van der Waals surface area contributed by atoms with Crippen molar-refractivity contribution in [1.29, 1.82) is 0 Å². The largest absolute Gasteiger partial charge is 0.306 e. The second-order valence-electron chi connectivity index (χ2n) is 7.29. The average molecular weight is 403 g/mol. The standard InChI is InChI=1S/C23H19ClN4O/c24-17-7-5-15(6-8-17)22-26-21-10-12-28(14-19(21)23(29)27-22)13-16-9-11-25-20-4-2-1-3-18(16)20/h1-9,11H,10,12-14H2,(H,26,27,29). The van der Waals surface area contributed by atoms with Crippen molar-refractivity contribution in [2.45, 2.75) is 19.5 Å². The molecule has 144 valence electrons. The van der Waals surface area contributed by atoms with E-state index in [9.17, 15) is 4.79 Å². The summed E-state index contributed by atoms with van der Waals surface area (Å²) in [7, 11) is 0. The van der Waals surface area contributed by atoms with E-state index in [0.29, 0.717) is 17.4 Å². The minimum Gasteiger partial charge on any atom is -0.306 e. The number of halogens is 1. The van der Waals surface area contributed by atoms with Crippen molar-refractivity contribution in [2.24, 2.45) is 0 Å². The molecular weight excluding hydrogens is 384 g/mol. The maximum absolute atomic E-state index is 12.8. The second-order valence-corrected chi connectivity index (χ2v) is 7.73. The Morgan fingerprint density at radius 1 is 1.07 bits per heavy atom. The Morgan fingerprint density at radius 2 is 1.90 bits per heavy atom. The molecule has 3 heterocycles. The van der Waals surface area contributed by atoms with Crippen LogP contribution in [0.15, 0.2) is 65.6 Å². The number of H-pyrrole nitrogens is 1. The third kappa shape index (κ3) is 3.55. The fraction of sp³-hybridized carbons (Fsp3) is 0.174. The van der Waals surface area contributed by atoms with Crippen LogP contribution in [-0.4, -0.2) is 26.4 Å². The number of nitrogens with zero attached hydrogens (tertiary/aromatic N) is 3. The van der Waals surface area contributed by atoms with Gasteiger partial charge in [-0.15, -0.1) is 0 Å². The first-order valence-corrected chi connectivity index (χ1v) is 9.98. The SMILES string of the molecule is O=c1[nH]c(-c2ccc(Cl)cc2)nc2c1CN(Cc1ccnc3ccccc13)CC2. The van der Waals surface area contributed by atoms with Crippen molar-refractivity contribution in [2.75, 3.05) is 6.54 Å². The molecule has 4 aromatic rings. The Balaban J connectivity index is 1.42. The van der Waals surface area contributed by atoms with Gasteiger partial charge in [0.25, 0.3) is 5.56 Å². The Bertz CT molecular complexity index is 1240. The first kappa shape index (κ1) is 18.0. The predicted molar refractivity (Wildman–Crippen MR) is 115 cm³/mol. The molecule has 1 aliphatic rings. The van der Waals surface area contributed by atoms with Crippen molar-refractivity contribution in [3.63, 3.8) is 0 Å². The molecule has 0 fully saturated rings. The summed E-state index contributed by atoms with van der Waals surface area (Å²) in [6, 6.07) is 17.6. The monoisotopic (exact) mass is 402 g/mol. The van der Waals surface area contributed by atoms with Crippen LogP contribution in [0.25, 0.3) is 22.3 Å². The molecular formula is C23H19ClN4O. The molecule has 2 aromatic carbocycles. The van der Waals surface area contributed by atoms with Crippen LogP contribution in [0.2, 0.25) is 5.02 Å². The number of rotatable bonds is 3. The van der Waals surface area contributed by atoms with Gasteiger partial charge in [0.05, 0.1) is 16.8 Å². The highest BCUT2D eigenvalue weighted by Crippen LogP contribution is 2.23. The summed E-state index contributed by atoms with van der Waals surface area (Å²) in [6.45, 7) is 2.23. The summed E-state index contributed by atoms with van der Waals surface area (Å²) >= 11 is 5.96. The third-order valence-corrected chi connectivity index (χ3v) is 5.65. The van der Waals surface area contributed by atoms with E-state index in [-0.39, 0.29) is 5.56 Å². The van der Waals surface area contributed by atoms with E-state index in [4.69, 9.17) is 16.6 Å². The normalized spacial score (nSPS) is 14.1. The van der Waals surface area contributed by atoms with Gasteiger partial charge in [-0.3, -0.25) is 14.7 Å². The van der Waals surface area contributed by atoms with Crippen LogP contribution >= 0.6 is 11.6 Å². The molecule has 1 aliphatic heterocycles. The molecule has 5 nitrogen and oxygen atoms in total. The zero-order valence-corrected chi connectivity index (χ0v) is 16.5. The molecule has 6 heteroatoms. The molecule has 0 saturated heterocycles. The predicted octanol–water partition coefficient (Wildman–Crippen LogP) is 4.20. The van der Waals surface area contributed by atoms with E-state index in [1.54, 1.807) is 12.1 Å². The number of hydrogen-bond donors (Lipinski definition) is 1. The van der Waals surface area contributed by atoms with Gasteiger partial charge in [-0.25, -0.2) is 4.98 Å². The summed E-state index contributed by atoms with van der Waals surface area (Å²) in [6.07, 6.45) is 2.60. The van der Waals surface area contributed by atoms with Gasteiger partial charge in [0.1, 0.15) is 5.82 Å². The van der Waals surface area contributed by atoms with Crippen molar-refractivity contribution in [3.05, 3.63) is 93.0 Å². The molecule has 0 atom stereocenters. The lowest BCUT2D eigenvalue weighted by Gasteiger charge is -2.28. The lowest BCUT2D eigenvalue weighted by Crippen LogP contribution is -2.35. The maximum atomic E-state index is 12.8.